The van der Waals surface area contributed by atoms with Crippen LogP contribution >= 0.6 is 11.3 Å². The van der Waals surface area contributed by atoms with Crippen LogP contribution in [0.5, 0.6) is 0 Å². The van der Waals surface area contributed by atoms with Crippen molar-refractivity contribution in [2.45, 2.75) is 44.7 Å². The van der Waals surface area contributed by atoms with E-state index in [1.807, 2.05) is 23.8 Å². The maximum atomic E-state index is 12.3. The summed E-state index contributed by atoms with van der Waals surface area (Å²) in [5.41, 5.74) is 1.71. The van der Waals surface area contributed by atoms with Crippen molar-refractivity contribution in [1.82, 2.24) is 15.2 Å². The summed E-state index contributed by atoms with van der Waals surface area (Å²) < 4.78 is 5.69. The first-order valence-corrected chi connectivity index (χ1v) is 9.15. The van der Waals surface area contributed by atoms with Gasteiger partial charge >= 0.3 is 0 Å². The average Bonchev–Trinajstić information content (AvgIpc) is 2.92. The van der Waals surface area contributed by atoms with Crippen LogP contribution in [0.2, 0.25) is 0 Å². The monoisotopic (exact) mass is 331 g/mol. The van der Waals surface area contributed by atoms with Gasteiger partial charge in [-0.05, 0) is 37.6 Å². The summed E-state index contributed by atoms with van der Waals surface area (Å²) in [6.45, 7) is 3.98. The lowest BCUT2D eigenvalue weighted by atomic mass is 10.2. The molecule has 2 aromatic rings. The number of likely N-dealkylation sites (tertiary alicyclic amines) is 1. The van der Waals surface area contributed by atoms with Gasteiger partial charge in [-0.2, -0.15) is 11.3 Å². The van der Waals surface area contributed by atoms with Gasteiger partial charge in [-0.3, -0.25) is 9.69 Å². The van der Waals surface area contributed by atoms with E-state index in [1.165, 1.54) is 12.8 Å². The van der Waals surface area contributed by atoms with Crippen molar-refractivity contribution in [2.75, 3.05) is 13.1 Å². The highest BCUT2D eigenvalue weighted by Gasteiger charge is 2.34. The number of aromatic nitrogens is 1. The van der Waals surface area contributed by atoms with Gasteiger partial charge in [-0.25, -0.2) is 4.98 Å². The van der Waals surface area contributed by atoms with Gasteiger partial charge in [0.15, 0.2) is 0 Å². The summed E-state index contributed by atoms with van der Waals surface area (Å²) in [6.07, 6.45) is 3.99. The van der Waals surface area contributed by atoms with Crippen molar-refractivity contribution in [3.63, 3.8) is 0 Å². The second kappa shape index (κ2) is 6.09. The lowest BCUT2D eigenvalue weighted by Crippen LogP contribution is -2.38. The van der Waals surface area contributed by atoms with Crippen LogP contribution in [0.4, 0.5) is 0 Å². The number of hydrogen-bond donors (Lipinski definition) is 1. The summed E-state index contributed by atoms with van der Waals surface area (Å²) in [5, 5.41) is 7.14. The maximum Gasteiger partial charge on any atom is 0.227 e. The van der Waals surface area contributed by atoms with Gasteiger partial charge in [0.2, 0.25) is 11.8 Å². The quantitative estimate of drug-likeness (QED) is 0.915. The Kier molecular flexibility index (Phi) is 3.95. The van der Waals surface area contributed by atoms with Gasteiger partial charge in [-0.15, -0.1) is 0 Å². The van der Waals surface area contributed by atoms with Crippen molar-refractivity contribution in [1.29, 1.82) is 0 Å². The summed E-state index contributed by atoms with van der Waals surface area (Å²) in [4.78, 5) is 19.3. The van der Waals surface area contributed by atoms with E-state index in [-0.39, 0.29) is 11.9 Å². The lowest BCUT2D eigenvalue weighted by Gasteiger charge is -2.15. The fourth-order valence-corrected chi connectivity index (χ4v) is 3.84. The molecule has 6 heteroatoms. The Morgan fingerprint density at radius 2 is 2.35 bits per heavy atom. The molecule has 0 spiro atoms. The highest BCUT2D eigenvalue weighted by molar-refractivity contribution is 7.08. The van der Waals surface area contributed by atoms with E-state index >= 15 is 0 Å². The molecule has 3 heterocycles. The van der Waals surface area contributed by atoms with Crippen molar-refractivity contribution < 1.29 is 9.21 Å². The second-order valence-corrected chi connectivity index (χ2v) is 7.27. The third-order valence-corrected chi connectivity index (χ3v) is 5.32. The Morgan fingerprint density at radius 3 is 3.09 bits per heavy atom. The molecule has 1 N–H and O–H groups in total. The van der Waals surface area contributed by atoms with E-state index in [0.29, 0.717) is 12.3 Å². The molecule has 0 radical (unpaired) electrons. The zero-order valence-electron chi connectivity index (χ0n) is 13.2. The standard InChI is InChI=1S/C17H21N3O2S/c1-11-15(19-17(22-11)12-5-7-23-10-12)8-16(21)18-13-4-6-20(9-13)14-2-3-14/h5,7,10,13-14H,2-4,6,8-9H2,1H3,(H,18,21)/t13-/m0/s1. The van der Waals surface area contributed by atoms with Gasteiger partial charge in [-0.1, -0.05) is 0 Å². The minimum absolute atomic E-state index is 0.0425. The average molecular weight is 331 g/mol. The predicted molar refractivity (Wildman–Crippen MR) is 89.4 cm³/mol. The van der Waals surface area contributed by atoms with E-state index in [9.17, 15) is 4.79 Å². The van der Waals surface area contributed by atoms with Gasteiger partial charge in [0.1, 0.15) is 5.76 Å². The number of thiophene rings is 1. The number of hydrogen-bond acceptors (Lipinski definition) is 5. The highest BCUT2D eigenvalue weighted by Crippen LogP contribution is 2.30. The first kappa shape index (κ1) is 14.9. The summed E-state index contributed by atoms with van der Waals surface area (Å²) in [6, 6.07) is 3.04. The molecule has 0 unspecified atom stereocenters. The van der Waals surface area contributed by atoms with Gasteiger partial charge in [0.05, 0.1) is 12.1 Å². The van der Waals surface area contributed by atoms with Gasteiger partial charge in [0.25, 0.3) is 0 Å². The molecule has 2 aliphatic rings. The third-order valence-electron chi connectivity index (χ3n) is 4.64. The van der Waals surface area contributed by atoms with Crippen LogP contribution in [0.15, 0.2) is 21.2 Å². The highest BCUT2D eigenvalue weighted by atomic mass is 32.1. The zero-order valence-corrected chi connectivity index (χ0v) is 14.1. The number of amides is 1. The van der Waals surface area contributed by atoms with E-state index in [1.54, 1.807) is 11.3 Å². The molecule has 1 aliphatic heterocycles. The maximum absolute atomic E-state index is 12.3. The minimum atomic E-state index is 0.0425. The number of oxazole rings is 1. The predicted octanol–water partition coefficient (Wildman–Crippen LogP) is 2.61. The summed E-state index contributed by atoms with van der Waals surface area (Å²) in [5.74, 6) is 1.38. The van der Waals surface area contributed by atoms with Crippen molar-refractivity contribution in [3.8, 4) is 11.5 Å². The van der Waals surface area contributed by atoms with Crippen LogP contribution in [-0.2, 0) is 11.2 Å². The second-order valence-electron chi connectivity index (χ2n) is 6.49. The Morgan fingerprint density at radius 1 is 1.48 bits per heavy atom. The third kappa shape index (κ3) is 3.33. The van der Waals surface area contributed by atoms with E-state index in [2.05, 4.69) is 15.2 Å². The van der Waals surface area contributed by atoms with Crippen molar-refractivity contribution in [3.05, 3.63) is 28.3 Å². The molecule has 1 amide bonds. The van der Waals surface area contributed by atoms with E-state index < -0.39 is 0 Å². The number of carbonyl (C=O) groups excluding carboxylic acids is 1. The molecule has 0 bridgehead atoms. The van der Waals surface area contributed by atoms with Crippen molar-refractivity contribution >= 4 is 17.2 Å². The zero-order chi connectivity index (χ0) is 15.8. The Bertz CT molecular complexity index is 691. The van der Waals surface area contributed by atoms with Crippen molar-refractivity contribution in [2.24, 2.45) is 0 Å². The number of aryl methyl sites for hydroxylation is 1. The van der Waals surface area contributed by atoms with Gasteiger partial charge < -0.3 is 9.73 Å². The lowest BCUT2D eigenvalue weighted by molar-refractivity contribution is -0.121. The van der Waals surface area contributed by atoms with Crippen LogP contribution in [-0.4, -0.2) is 41.0 Å². The number of nitrogens with zero attached hydrogens (tertiary/aromatic N) is 2. The fourth-order valence-electron chi connectivity index (χ4n) is 3.21. The number of rotatable bonds is 5. The first-order valence-electron chi connectivity index (χ1n) is 8.21. The molecule has 2 aromatic heterocycles. The fraction of sp³-hybridized carbons (Fsp3) is 0.529. The molecular formula is C17H21N3O2S. The van der Waals surface area contributed by atoms with Gasteiger partial charge in [0, 0.05) is 36.1 Å². The molecule has 1 saturated heterocycles. The molecule has 2 fully saturated rings. The summed E-state index contributed by atoms with van der Waals surface area (Å²) in [7, 11) is 0. The van der Waals surface area contributed by atoms with E-state index in [4.69, 9.17) is 4.42 Å². The number of carbonyl (C=O) groups is 1. The molecule has 1 atom stereocenters. The molecule has 23 heavy (non-hydrogen) atoms. The smallest absolute Gasteiger partial charge is 0.227 e. The Hall–Kier alpha value is -1.66. The largest absolute Gasteiger partial charge is 0.441 e. The summed E-state index contributed by atoms with van der Waals surface area (Å²) >= 11 is 1.61. The molecule has 5 nitrogen and oxygen atoms in total. The van der Waals surface area contributed by atoms with E-state index in [0.717, 1.165) is 42.6 Å². The Balaban J connectivity index is 1.35. The SMILES string of the molecule is Cc1oc(-c2ccsc2)nc1CC(=O)N[C@H]1CCN(C2CC2)C1. The Labute approximate surface area is 139 Å². The normalized spacial score (nSPS) is 21.7. The molecule has 122 valence electrons. The minimum Gasteiger partial charge on any atom is -0.441 e. The number of nitrogens with one attached hydrogen (secondary N) is 1. The molecule has 1 saturated carbocycles. The van der Waals surface area contributed by atoms with Crippen LogP contribution in [0.1, 0.15) is 30.7 Å². The molecule has 0 aromatic carbocycles. The molecule has 1 aliphatic carbocycles. The van der Waals surface area contributed by atoms with Crippen LogP contribution < -0.4 is 5.32 Å². The van der Waals surface area contributed by atoms with Crippen LogP contribution in [0.3, 0.4) is 0 Å². The topological polar surface area (TPSA) is 58.4 Å². The van der Waals surface area contributed by atoms with Crippen LogP contribution in [0, 0.1) is 6.92 Å². The molecule has 4 rings (SSSR count). The molecular weight excluding hydrogens is 310 g/mol. The first-order chi connectivity index (χ1) is 11.2. The van der Waals surface area contributed by atoms with Crippen LogP contribution in [0.25, 0.3) is 11.5 Å².